The van der Waals surface area contributed by atoms with Crippen LogP contribution in [0.1, 0.15) is 0 Å². The van der Waals surface area contributed by atoms with Crippen LogP contribution in [-0.4, -0.2) is 68.3 Å². The second kappa shape index (κ2) is 23.7. The molecule has 0 aliphatic rings. The van der Waals surface area contributed by atoms with Gasteiger partial charge < -0.3 is 0 Å². The molecule has 63 valence electrons. The van der Waals surface area contributed by atoms with Crippen molar-refractivity contribution < 1.29 is 96.7 Å². The number of hydrogen-bond donors (Lipinski definition) is 4. The first kappa shape index (κ1) is 29.4. The zero-order valence-corrected chi connectivity index (χ0v) is 24.2. The van der Waals surface area contributed by atoms with E-state index >= 15 is 0 Å². The van der Waals surface area contributed by atoms with E-state index in [-0.39, 0.29) is 90.2 Å². The van der Waals surface area contributed by atoms with Crippen molar-refractivity contribution in [2.75, 3.05) is 0 Å². The van der Waals surface area contributed by atoms with E-state index < -0.39 is 41.3 Å². The van der Waals surface area contributed by atoms with Crippen LogP contribution in [0, 0.1) is 35.6 Å². The zero-order chi connectivity index (χ0) is 7.15. The fraction of sp³-hybridized carbons (Fsp3) is 0. The first-order chi connectivity index (χ1) is 3.46. The topological polar surface area (TPSA) is 115 Å². The summed E-state index contributed by atoms with van der Waals surface area (Å²) >= 11 is -7.38. The van der Waals surface area contributed by atoms with Crippen LogP contribution in [0.25, 0.3) is 0 Å². The minimum atomic E-state index is -3.79. The van der Waals surface area contributed by atoms with Crippen molar-refractivity contribution in [3.63, 3.8) is 0 Å². The van der Waals surface area contributed by atoms with Crippen LogP contribution in [-0.2, 0) is 47.4 Å². The van der Waals surface area contributed by atoms with Crippen molar-refractivity contribution >= 4 is 54.6 Å². The predicted octanol–water partition coefficient (Wildman–Crippen LogP) is -4.30. The number of hydrogen-bond acceptors (Lipinski definition) is 2. The van der Waals surface area contributed by atoms with Gasteiger partial charge in [0, 0.05) is 35.6 Å². The van der Waals surface area contributed by atoms with Gasteiger partial charge in [0.25, 0.3) is 0 Å². The van der Waals surface area contributed by atoms with Crippen LogP contribution in [0.5, 0.6) is 0 Å². The van der Waals surface area contributed by atoms with E-state index in [1.54, 1.807) is 0 Å². The fourth-order valence-electron chi connectivity index (χ4n) is 0. The molecule has 11 heavy (non-hydrogen) atoms. The van der Waals surface area contributed by atoms with Crippen LogP contribution < -0.4 is 0 Å². The Morgan fingerprint density at radius 3 is 1.09 bits per heavy atom. The summed E-state index contributed by atoms with van der Waals surface area (Å²) in [6.45, 7) is 0. The van der Waals surface area contributed by atoms with Gasteiger partial charge >= 0.3 is 116 Å². The van der Waals surface area contributed by atoms with Gasteiger partial charge in [-0.2, -0.15) is 0 Å². The molecule has 0 heterocycles. The predicted molar refractivity (Wildman–Crippen MR) is 27.3 cm³/mol. The molecule has 0 atom stereocenters. The Bertz CT molecular complexity index is 78.6. The van der Waals surface area contributed by atoms with Gasteiger partial charge in [0.1, 0.15) is 0 Å². The van der Waals surface area contributed by atoms with E-state index in [0.717, 1.165) is 0 Å². The van der Waals surface area contributed by atoms with Gasteiger partial charge in [-0.3, -0.25) is 0 Å². The molecule has 0 amide bonds. The van der Waals surface area contributed by atoms with Crippen molar-refractivity contribution in [3.8, 4) is 0 Å². The molecule has 0 aromatic carbocycles. The Hall–Kier alpha value is 4.08. The summed E-state index contributed by atoms with van der Waals surface area (Å²) in [5.41, 5.74) is 0. The molecular weight excluding hydrogens is 788 g/mol. The van der Waals surface area contributed by atoms with Crippen molar-refractivity contribution in [3.05, 3.63) is 0 Å². The summed E-state index contributed by atoms with van der Waals surface area (Å²) in [6, 6.07) is 0. The van der Waals surface area contributed by atoms with Gasteiger partial charge in [0.15, 0.2) is 0 Å². The molecule has 0 unspecified atom stereocenters. The molecule has 0 fully saturated rings. The molecule has 0 bridgehead atoms. The second-order valence-electron chi connectivity index (χ2n) is 0.565. The molecule has 0 aromatic rings. The van der Waals surface area contributed by atoms with Gasteiger partial charge in [0.2, 0.25) is 0 Å². The summed E-state index contributed by atoms with van der Waals surface area (Å²) in [7, 11) is 0. The van der Waals surface area contributed by atoms with Gasteiger partial charge in [0.05, 0.1) is 0 Å². The maximum atomic E-state index is 8.84. The first-order valence-corrected chi connectivity index (χ1v) is 6.54. The van der Waals surface area contributed by atoms with E-state index in [0.29, 0.717) is 0 Å². The second-order valence-corrected chi connectivity index (χ2v) is 2.84. The Morgan fingerprint density at radius 2 is 1.09 bits per heavy atom. The molecule has 0 aliphatic carbocycles. The first-order valence-electron chi connectivity index (χ1n) is 1.30. The Labute approximate surface area is 148 Å². The van der Waals surface area contributed by atoms with Crippen LogP contribution >= 0.6 is 0 Å². The molecule has 0 saturated heterocycles. The molecule has 5 radical (unpaired) electrons. The summed E-state index contributed by atoms with van der Waals surface area (Å²) in [5, 5.41) is 0. The van der Waals surface area contributed by atoms with E-state index in [2.05, 4.69) is 0 Å². The van der Waals surface area contributed by atoms with E-state index in [4.69, 9.17) is 19.9 Å². The molecule has 0 aromatic heterocycles. The average Bonchev–Trinajstić information content (AvgIpc) is 1.25. The van der Waals surface area contributed by atoms with E-state index in [1.807, 2.05) is 0 Å². The summed E-state index contributed by atoms with van der Waals surface area (Å²) < 4.78 is 46.6. The Kier molecular flexibility index (Phi) is 63.4. The normalized spacial score (nSPS) is 4.73. The number of rotatable bonds is 0. The minimum absolute atomic E-state index is 0. The van der Waals surface area contributed by atoms with Gasteiger partial charge in [-0.25, -0.2) is 0 Å². The summed E-state index contributed by atoms with van der Waals surface area (Å²) in [6.07, 6.45) is 0. The molecule has 4 N–H and O–H groups in total. The fourth-order valence-corrected chi connectivity index (χ4v) is 0. The third kappa shape index (κ3) is 124. The SMILES string of the molecule is [La].[O]=[Ti]([OH])[OH].[O]=[Zr]([OH])[OH].[PbH2].[PbH2]. The molecule has 0 aliphatic heterocycles. The van der Waals surface area contributed by atoms with E-state index in [9.17, 15) is 0 Å². The molecule has 0 rings (SSSR count). The monoisotopic (exact) mass is 797 g/mol. The Morgan fingerprint density at radius 1 is 1.09 bits per heavy atom. The van der Waals surface area contributed by atoms with Crippen LogP contribution in [0.2, 0.25) is 0 Å². The molecule has 6 nitrogen and oxygen atoms in total. The van der Waals surface area contributed by atoms with Crippen LogP contribution in [0.4, 0.5) is 0 Å². The van der Waals surface area contributed by atoms with Gasteiger partial charge in [-0.05, 0) is 0 Å². The molecular formula is H8LaO6Pb2TiZr. The van der Waals surface area contributed by atoms with Crippen LogP contribution in [0.15, 0.2) is 0 Å². The average molecular weight is 796 g/mol. The van der Waals surface area contributed by atoms with Gasteiger partial charge in [-0.15, -0.1) is 0 Å². The summed E-state index contributed by atoms with van der Waals surface area (Å²) in [4.78, 5) is 0. The Balaban J connectivity index is -0.0000000171. The van der Waals surface area contributed by atoms with E-state index in [1.165, 1.54) is 0 Å². The van der Waals surface area contributed by atoms with Crippen molar-refractivity contribution in [1.29, 1.82) is 0 Å². The van der Waals surface area contributed by atoms with Crippen molar-refractivity contribution in [2.24, 2.45) is 0 Å². The zero-order valence-electron chi connectivity index (χ0n) is 5.60. The van der Waals surface area contributed by atoms with Crippen molar-refractivity contribution in [1.82, 2.24) is 0 Å². The standard InChI is InChI=1S/La.4H2O.2O.2Pb.Ti.Zr.4H/h;4*1H2;;;;;;;;;;/q;;;;;;;;;2*+2;;;;/p-4. The summed E-state index contributed by atoms with van der Waals surface area (Å²) in [5.74, 6) is 0. The third-order valence-corrected chi connectivity index (χ3v) is 0. The molecule has 0 saturated carbocycles. The molecule has 11 heteroatoms. The molecule has 0 spiro atoms. The van der Waals surface area contributed by atoms with Gasteiger partial charge in [-0.1, -0.05) is 0 Å². The van der Waals surface area contributed by atoms with Crippen molar-refractivity contribution in [2.45, 2.75) is 0 Å². The quantitative estimate of drug-likeness (QED) is 0.185. The maximum absolute atomic E-state index is 8.84. The van der Waals surface area contributed by atoms with Crippen LogP contribution in [0.3, 0.4) is 0 Å². The third-order valence-electron chi connectivity index (χ3n) is 0.